The van der Waals surface area contributed by atoms with E-state index in [1.807, 2.05) is 18.2 Å². The molecule has 0 bridgehead atoms. The summed E-state index contributed by atoms with van der Waals surface area (Å²) in [6, 6.07) is 17.0. The predicted octanol–water partition coefficient (Wildman–Crippen LogP) is 6.28. The summed E-state index contributed by atoms with van der Waals surface area (Å²) < 4.78 is 0. The summed E-state index contributed by atoms with van der Waals surface area (Å²) in [7, 11) is 0. The number of aryl methyl sites for hydroxylation is 2. The third-order valence-electron chi connectivity index (χ3n) is 3.76. The van der Waals surface area contributed by atoms with E-state index in [-0.39, 0.29) is 0 Å². The van der Waals surface area contributed by atoms with Gasteiger partial charge in [-0.1, -0.05) is 75.2 Å². The Kier molecular flexibility index (Phi) is 6.66. The van der Waals surface area contributed by atoms with Crippen molar-refractivity contribution in [1.82, 2.24) is 0 Å². The number of benzene rings is 2. The second kappa shape index (κ2) is 8.50. The summed E-state index contributed by atoms with van der Waals surface area (Å²) >= 11 is 9.54. The van der Waals surface area contributed by atoms with E-state index >= 15 is 0 Å². The van der Waals surface area contributed by atoms with Crippen molar-refractivity contribution < 1.29 is 0 Å². The lowest BCUT2D eigenvalue weighted by molar-refractivity contribution is 0.901. The molecule has 0 aliphatic heterocycles. The molecular formula is C20H24S2. The summed E-state index contributed by atoms with van der Waals surface area (Å²) in [5.74, 6) is 0. The largest absolute Gasteiger partial charge is 0.142 e. The minimum atomic E-state index is 0.940. The van der Waals surface area contributed by atoms with Gasteiger partial charge in [0.2, 0.25) is 0 Å². The van der Waals surface area contributed by atoms with Crippen LogP contribution in [0.4, 0.5) is 0 Å². The van der Waals surface area contributed by atoms with E-state index < -0.39 is 0 Å². The lowest BCUT2D eigenvalue weighted by Gasteiger charge is -2.14. The lowest BCUT2D eigenvalue weighted by atomic mass is 9.97. The van der Waals surface area contributed by atoms with E-state index in [0.29, 0.717) is 0 Å². The first-order valence-corrected chi connectivity index (χ1v) is 8.86. The van der Waals surface area contributed by atoms with Crippen molar-refractivity contribution in [3.63, 3.8) is 0 Å². The highest BCUT2D eigenvalue weighted by Gasteiger charge is 2.10. The molecule has 2 heteroatoms. The molecule has 2 aromatic carbocycles. The first-order chi connectivity index (χ1) is 10.7. The van der Waals surface area contributed by atoms with Crippen LogP contribution < -0.4 is 0 Å². The molecule has 0 fully saturated rings. The van der Waals surface area contributed by atoms with Gasteiger partial charge in [0.05, 0.1) is 0 Å². The van der Waals surface area contributed by atoms with Crippen molar-refractivity contribution in [3.05, 3.63) is 70.8 Å². The molecule has 0 N–H and O–H groups in total. The average Bonchev–Trinajstić information content (AvgIpc) is 2.56. The van der Waals surface area contributed by atoms with E-state index in [4.69, 9.17) is 25.3 Å². The maximum absolute atomic E-state index is 4.81. The Morgan fingerprint density at radius 2 is 1.50 bits per heavy atom. The fraction of sp³-hybridized carbons (Fsp3) is 0.300. The van der Waals surface area contributed by atoms with Crippen LogP contribution in [0, 0.1) is 0 Å². The smallest absolute Gasteiger partial charge is 0.0255 e. The lowest BCUT2D eigenvalue weighted by Crippen LogP contribution is -1.95. The van der Waals surface area contributed by atoms with Gasteiger partial charge in [-0.3, -0.25) is 0 Å². The molecule has 0 atom stereocenters. The standard InChI is InChI=1S/C20H24S2/c1-3-8-15-12-13-16(9-4-2)18(14-15)20(22)19(21)17-10-6-5-7-11-17/h5-7,10-14,21-22H,3-4,8-9H2,1-2H3. The van der Waals surface area contributed by atoms with Gasteiger partial charge in [0.15, 0.2) is 0 Å². The Bertz CT molecular complexity index is 642. The Morgan fingerprint density at radius 1 is 0.818 bits per heavy atom. The Hall–Kier alpha value is -1.12. The molecule has 0 aliphatic rings. The van der Waals surface area contributed by atoms with Gasteiger partial charge in [-0.25, -0.2) is 0 Å². The molecule has 0 saturated heterocycles. The summed E-state index contributed by atoms with van der Waals surface area (Å²) in [4.78, 5) is 1.91. The summed E-state index contributed by atoms with van der Waals surface area (Å²) in [6.45, 7) is 4.43. The Balaban J connectivity index is 2.50. The molecule has 0 heterocycles. The molecule has 0 saturated carbocycles. The minimum absolute atomic E-state index is 0.940. The summed E-state index contributed by atoms with van der Waals surface area (Å²) in [5, 5.41) is 0. The van der Waals surface area contributed by atoms with Crippen LogP contribution in [0.5, 0.6) is 0 Å². The van der Waals surface area contributed by atoms with Crippen LogP contribution in [0.15, 0.2) is 48.5 Å². The van der Waals surface area contributed by atoms with Gasteiger partial charge in [-0.15, -0.1) is 25.3 Å². The molecular weight excluding hydrogens is 304 g/mol. The molecule has 116 valence electrons. The first kappa shape index (κ1) is 17.2. The van der Waals surface area contributed by atoms with Gasteiger partial charge < -0.3 is 0 Å². The zero-order valence-corrected chi connectivity index (χ0v) is 15.1. The number of thiol groups is 2. The fourth-order valence-corrected chi connectivity index (χ4v) is 3.24. The van der Waals surface area contributed by atoms with E-state index in [1.165, 1.54) is 16.7 Å². The SMILES string of the molecule is CCCc1ccc(CCC)c(C(S)=C(S)c2ccccc2)c1. The van der Waals surface area contributed by atoms with E-state index in [9.17, 15) is 0 Å². The van der Waals surface area contributed by atoms with Crippen LogP contribution in [0.2, 0.25) is 0 Å². The average molecular weight is 329 g/mol. The summed E-state index contributed by atoms with van der Waals surface area (Å²) in [5.41, 5.74) is 5.07. The van der Waals surface area contributed by atoms with Crippen LogP contribution in [0.1, 0.15) is 48.9 Å². The fourth-order valence-electron chi connectivity index (χ4n) is 2.64. The molecule has 2 rings (SSSR count). The van der Waals surface area contributed by atoms with Crippen LogP contribution >= 0.6 is 25.3 Å². The van der Waals surface area contributed by atoms with Crippen molar-refractivity contribution in [1.29, 1.82) is 0 Å². The second-order valence-electron chi connectivity index (χ2n) is 5.55. The highest BCUT2D eigenvalue weighted by atomic mass is 32.1. The van der Waals surface area contributed by atoms with Crippen LogP contribution in [0.25, 0.3) is 9.81 Å². The predicted molar refractivity (Wildman–Crippen MR) is 106 cm³/mol. The topological polar surface area (TPSA) is 0 Å². The molecule has 2 aromatic rings. The molecule has 0 radical (unpaired) electrons. The van der Waals surface area contributed by atoms with Gasteiger partial charge >= 0.3 is 0 Å². The number of hydrogen-bond acceptors (Lipinski definition) is 2. The zero-order chi connectivity index (χ0) is 15.9. The van der Waals surface area contributed by atoms with E-state index in [0.717, 1.165) is 41.1 Å². The molecule has 0 spiro atoms. The van der Waals surface area contributed by atoms with Crippen LogP contribution in [-0.4, -0.2) is 0 Å². The van der Waals surface area contributed by atoms with Crippen molar-refractivity contribution in [3.8, 4) is 0 Å². The first-order valence-electron chi connectivity index (χ1n) is 7.97. The Labute approximate surface area is 145 Å². The minimum Gasteiger partial charge on any atom is -0.142 e. The summed E-state index contributed by atoms with van der Waals surface area (Å²) in [6.07, 6.45) is 4.47. The monoisotopic (exact) mass is 328 g/mol. The van der Waals surface area contributed by atoms with Gasteiger partial charge in [-0.05, 0) is 35.1 Å². The number of rotatable bonds is 6. The van der Waals surface area contributed by atoms with E-state index in [2.05, 4.69) is 44.2 Å². The Morgan fingerprint density at radius 3 is 2.14 bits per heavy atom. The quantitative estimate of drug-likeness (QED) is 0.452. The van der Waals surface area contributed by atoms with Crippen molar-refractivity contribution >= 4 is 35.1 Å². The molecule has 0 aliphatic carbocycles. The van der Waals surface area contributed by atoms with Crippen LogP contribution in [-0.2, 0) is 12.8 Å². The van der Waals surface area contributed by atoms with E-state index in [1.54, 1.807) is 0 Å². The maximum Gasteiger partial charge on any atom is 0.0255 e. The molecule has 0 unspecified atom stereocenters. The van der Waals surface area contributed by atoms with Crippen LogP contribution in [0.3, 0.4) is 0 Å². The normalized spacial score (nSPS) is 12.2. The third kappa shape index (κ3) is 4.21. The number of hydrogen-bond donors (Lipinski definition) is 2. The molecule has 0 aromatic heterocycles. The zero-order valence-electron chi connectivity index (χ0n) is 13.3. The molecule has 22 heavy (non-hydrogen) atoms. The van der Waals surface area contributed by atoms with Gasteiger partial charge in [0, 0.05) is 9.81 Å². The van der Waals surface area contributed by atoms with Crippen molar-refractivity contribution in [2.75, 3.05) is 0 Å². The van der Waals surface area contributed by atoms with Gasteiger partial charge in [0.1, 0.15) is 0 Å². The highest BCUT2D eigenvalue weighted by molar-refractivity contribution is 7.96. The maximum atomic E-state index is 4.81. The van der Waals surface area contributed by atoms with Crippen molar-refractivity contribution in [2.24, 2.45) is 0 Å². The third-order valence-corrected chi connectivity index (χ3v) is 4.88. The molecule has 0 amide bonds. The van der Waals surface area contributed by atoms with Crippen molar-refractivity contribution in [2.45, 2.75) is 39.5 Å². The molecule has 0 nitrogen and oxygen atoms in total. The van der Waals surface area contributed by atoms with Gasteiger partial charge in [-0.2, -0.15) is 0 Å². The van der Waals surface area contributed by atoms with Gasteiger partial charge in [0.25, 0.3) is 0 Å². The second-order valence-corrected chi connectivity index (χ2v) is 6.45. The highest BCUT2D eigenvalue weighted by Crippen LogP contribution is 2.34.